The van der Waals surface area contributed by atoms with Gasteiger partial charge in [0.15, 0.2) is 5.17 Å². The van der Waals surface area contributed by atoms with Crippen molar-refractivity contribution in [3.05, 3.63) is 29.8 Å². The molecule has 4 amide bonds. The van der Waals surface area contributed by atoms with E-state index in [1.165, 1.54) is 11.8 Å². The molecule has 3 aliphatic rings. The fraction of sp³-hybridized carbons (Fsp3) is 0.524. The SMILES string of the molecule is CCC1CSC(=Nc2ccc(C)cc2)N1C(=O)CN1C(=O)NC2(CCCC2)C1=O. The maximum Gasteiger partial charge on any atom is 0.325 e. The molecule has 0 aromatic heterocycles. The molecule has 0 radical (unpaired) electrons. The van der Waals surface area contributed by atoms with E-state index in [9.17, 15) is 14.4 Å². The highest BCUT2D eigenvalue weighted by Gasteiger charge is 2.53. The number of imide groups is 1. The second-order valence-electron chi connectivity index (χ2n) is 7.98. The van der Waals surface area contributed by atoms with Crippen LogP contribution in [0.15, 0.2) is 29.3 Å². The number of nitrogens with zero attached hydrogens (tertiary/aromatic N) is 3. The summed E-state index contributed by atoms with van der Waals surface area (Å²) in [6.45, 7) is 3.80. The minimum absolute atomic E-state index is 0.0119. The van der Waals surface area contributed by atoms with Gasteiger partial charge in [-0.1, -0.05) is 49.2 Å². The van der Waals surface area contributed by atoms with Crippen LogP contribution in [0.4, 0.5) is 10.5 Å². The number of rotatable bonds is 4. The van der Waals surface area contributed by atoms with Crippen LogP contribution in [0.5, 0.6) is 0 Å². The number of aliphatic imine (C=N–C) groups is 1. The van der Waals surface area contributed by atoms with E-state index in [0.717, 1.165) is 41.2 Å². The zero-order valence-corrected chi connectivity index (χ0v) is 17.6. The van der Waals surface area contributed by atoms with Gasteiger partial charge in [0, 0.05) is 11.8 Å². The lowest BCUT2D eigenvalue weighted by Gasteiger charge is -2.25. The average Bonchev–Trinajstić information content (AvgIpc) is 3.39. The number of carbonyl (C=O) groups is 3. The second-order valence-corrected chi connectivity index (χ2v) is 8.96. The third-order valence-corrected chi connectivity index (χ3v) is 7.07. The van der Waals surface area contributed by atoms with Crippen LogP contribution in [0.1, 0.15) is 44.6 Å². The Morgan fingerprint density at radius 1 is 1.24 bits per heavy atom. The smallest absolute Gasteiger partial charge is 0.323 e. The number of hydrogen-bond acceptors (Lipinski definition) is 5. The van der Waals surface area contributed by atoms with Gasteiger partial charge in [0.05, 0.1) is 5.69 Å². The van der Waals surface area contributed by atoms with Gasteiger partial charge in [-0.15, -0.1) is 0 Å². The predicted octanol–water partition coefficient (Wildman–Crippen LogP) is 3.20. The molecule has 1 saturated carbocycles. The van der Waals surface area contributed by atoms with Crippen molar-refractivity contribution in [2.45, 2.75) is 57.5 Å². The van der Waals surface area contributed by atoms with Crippen LogP contribution in [0.25, 0.3) is 0 Å². The fourth-order valence-corrected chi connectivity index (χ4v) is 5.53. The van der Waals surface area contributed by atoms with Gasteiger partial charge in [-0.05, 0) is 38.3 Å². The van der Waals surface area contributed by atoms with Crippen molar-refractivity contribution in [1.82, 2.24) is 15.1 Å². The van der Waals surface area contributed by atoms with Crippen molar-refractivity contribution in [2.75, 3.05) is 12.3 Å². The highest BCUT2D eigenvalue weighted by Crippen LogP contribution is 2.35. The summed E-state index contributed by atoms with van der Waals surface area (Å²) in [7, 11) is 0. The lowest BCUT2D eigenvalue weighted by atomic mass is 9.98. The predicted molar refractivity (Wildman–Crippen MR) is 113 cm³/mol. The number of amides is 4. The van der Waals surface area contributed by atoms with Crippen LogP contribution in [-0.2, 0) is 9.59 Å². The third kappa shape index (κ3) is 3.66. The summed E-state index contributed by atoms with van der Waals surface area (Å²) in [6.07, 6.45) is 3.93. The monoisotopic (exact) mass is 414 g/mol. The Bertz CT molecular complexity index is 861. The van der Waals surface area contributed by atoms with Crippen molar-refractivity contribution >= 4 is 40.5 Å². The maximum absolute atomic E-state index is 13.2. The summed E-state index contributed by atoms with van der Waals surface area (Å²) in [5, 5.41) is 3.47. The van der Waals surface area contributed by atoms with Gasteiger partial charge in [0.1, 0.15) is 12.1 Å². The number of carbonyl (C=O) groups excluding carboxylic acids is 3. The van der Waals surface area contributed by atoms with Gasteiger partial charge in [-0.25, -0.2) is 9.79 Å². The van der Waals surface area contributed by atoms with E-state index < -0.39 is 11.6 Å². The molecule has 1 atom stereocenters. The molecule has 3 fully saturated rings. The normalized spacial score (nSPS) is 24.8. The largest absolute Gasteiger partial charge is 0.325 e. The standard InChI is InChI=1S/C21H26N4O3S/c1-3-16-13-29-20(22-15-8-6-14(2)7-9-15)25(16)17(26)12-24-18(27)21(23-19(24)28)10-4-5-11-21/h6-9,16H,3-5,10-13H2,1-2H3,(H,23,28). The zero-order valence-electron chi connectivity index (χ0n) is 16.8. The van der Waals surface area contributed by atoms with Crippen LogP contribution in [0.3, 0.4) is 0 Å². The molecular formula is C21H26N4O3S. The first-order chi connectivity index (χ1) is 13.9. The van der Waals surface area contributed by atoms with Crippen molar-refractivity contribution in [3.8, 4) is 0 Å². The van der Waals surface area contributed by atoms with Gasteiger partial charge >= 0.3 is 6.03 Å². The molecule has 154 valence electrons. The summed E-state index contributed by atoms with van der Waals surface area (Å²) < 4.78 is 0. The topological polar surface area (TPSA) is 82.1 Å². The van der Waals surface area contributed by atoms with E-state index in [2.05, 4.69) is 10.3 Å². The zero-order chi connectivity index (χ0) is 20.6. The summed E-state index contributed by atoms with van der Waals surface area (Å²) in [5.74, 6) is 0.244. The molecule has 1 unspecified atom stereocenters. The van der Waals surface area contributed by atoms with Gasteiger partial charge < -0.3 is 5.32 Å². The summed E-state index contributed by atoms with van der Waals surface area (Å²) in [6, 6.07) is 7.37. The van der Waals surface area contributed by atoms with E-state index in [-0.39, 0.29) is 24.4 Å². The number of thioether (sulfide) groups is 1. The van der Waals surface area contributed by atoms with E-state index in [4.69, 9.17) is 0 Å². The van der Waals surface area contributed by atoms with Gasteiger partial charge in [-0.2, -0.15) is 0 Å². The molecule has 1 N–H and O–H groups in total. The first-order valence-electron chi connectivity index (χ1n) is 10.2. The Kier molecular flexibility index (Phi) is 5.38. The quantitative estimate of drug-likeness (QED) is 0.767. The number of benzene rings is 1. The van der Waals surface area contributed by atoms with Gasteiger partial charge in [0.25, 0.3) is 5.91 Å². The molecule has 8 heteroatoms. The van der Waals surface area contributed by atoms with Crippen molar-refractivity contribution < 1.29 is 14.4 Å². The van der Waals surface area contributed by atoms with Crippen LogP contribution < -0.4 is 5.32 Å². The molecule has 1 aliphatic carbocycles. The molecule has 1 aromatic rings. The van der Waals surface area contributed by atoms with Crippen LogP contribution in [-0.4, -0.2) is 56.7 Å². The fourth-order valence-electron chi connectivity index (χ4n) is 4.25. The molecule has 1 aromatic carbocycles. The maximum atomic E-state index is 13.2. The number of urea groups is 1. The molecule has 4 rings (SSSR count). The first-order valence-corrected chi connectivity index (χ1v) is 11.2. The van der Waals surface area contributed by atoms with Gasteiger partial charge in [0.2, 0.25) is 5.91 Å². The van der Waals surface area contributed by atoms with Gasteiger partial charge in [-0.3, -0.25) is 19.4 Å². The molecule has 2 heterocycles. The Balaban J connectivity index is 1.54. The Morgan fingerprint density at radius 2 is 1.93 bits per heavy atom. The van der Waals surface area contributed by atoms with Crippen molar-refractivity contribution in [3.63, 3.8) is 0 Å². The highest BCUT2D eigenvalue weighted by atomic mass is 32.2. The van der Waals surface area contributed by atoms with E-state index >= 15 is 0 Å². The minimum atomic E-state index is -0.792. The molecule has 2 aliphatic heterocycles. The van der Waals surface area contributed by atoms with E-state index in [1.807, 2.05) is 38.1 Å². The molecule has 1 spiro atoms. The van der Waals surface area contributed by atoms with Crippen molar-refractivity contribution in [2.24, 2.45) is 4.99 Å². The molecule has 7 nitrogen and oxygen atoms in total. The molecular weight excluding hydrogens is 388 g/mol. The lowest BCUT2D eigenvalue weighted by Crippen LogP contribution is -2.48. The summed E-state index contributed by atoms with van der Waals surface area (Å²) >= 11 is 1.54. The number of hydrogen-bond donors (Lipinski definition) is 1. The summed E-state index contributed by atoms with van der Waals surface area (Å²) in [4.78, 5) is 45.9. The Hall–Kier alpha value is -2.35. The molecule has 2 saturated heterocycles. The van der Waals surface area contributed by atoms with Crippen LogP contribution in [0, 0.1) is 6.92 Å². The highest BCUT2D eigenvalue weighted by molar-refractivity contribution is 8.14. The minimum Gasteiger partial charge on any atom is -0.323 e. The third-order valence-electron chi connectivity index (χ3n) is 5.97. The van der Waals surface area contributed by atoms with Crippen molar-refractivity contribution in [1.29, 1.82) is 0 Å². The lowest BCUT2D eigenvalue weighted by molar-refractivity contribution is -0.137. The number of nitrogens with one attached hydrogen (secondary N) is 1. The summed E-state index contributed by atoms with van der Waals surface area (Å²) in [5.41, 5.74) is 1.14. The average molecular weight is 415 g/mol. The first kappa shape index (κ1) is 19.9. The van der Waals surface area contributed by atoms with Crippen LogP contribution >= 0.6 is 11.8 Å². The van der Waals surface area contributed by atoms with E-state index in [1.54, 1.807) is 4.90 Å². The molecule has 0 bridgehead atoms. The Labute approximate surface area is 174 Å². The number of aryl methyl sites for hydroxylation is 1. The van der Waals surface area contributed by atoms with Crippen LogP contribution in [0.2, 0.25) is 0 Å². The number of amidine groups is 1. The second kappa shape index (κ2) is 7.82. The Morgan fingerprint density at radius 3 is 2.59 bits per heavy atom. The van der Waals surface area contributed by atoms with E-state index in [0.29, 0.717) is 18.0 Å². The molecule has 29 heavy (non-hydrogen) atoms.